The van der Waals surface area contributed by atoms with Crippen LogP contribution in [0.15, 0.2) is 68.2 Å². The third kappa shape index (κ3) is 3.00. The van der Waals surface area contributed by atoms with Gasteiger partial charge >= 0.3 is 0 Å². The Balaban J connectivity index is 1.46. The molecular formula is C19H16N2O5. The number of amides is 1. The Morgan fingerprint density at radius 2 is 2.04 bits per heavy atom. The molecule has 4 rings (SSSR count). The Morgan fingerprint density at radius 3 is 2.81 bits per heavy atom. The summed E-state index contributed by atoms with van der Waals surface area (Å²) in [6, 6.07) is 14.1. The fraction of sp³-hybridized carbons (Fsp3) is 0.158. The molecule has 0 saturated heterocycles. The third-order valence-corrected chi connectivity index (χ3v) is 4.06. The van der Waals surface area contributed by atoms with Crippen molar-refractivity contribution in [2.45, 2.75) is 12.5 Å². The van der Waals surface area contributed by atoms with Crippen LogP contribution >= 0.6 is 0 Å². The average molecular weight is 352 g/mol. The molecule has 0 bridgehead atoms. The molecular weight excluding hydrogens is 336 g/mol. The molecule has 3 heterocycles. The Labute approximate surface area is 148 Å². The van der Waals surface area contributed by atoms with E-state index >= 15 is 0 Å². The zero-order chi connectivity index (χ0) is 18.1. The van der Waals surface area contributed by atoms with Gasteiger partial charge in [-0.25, -0.2) is 0 Å². The quantitative estimate of drug-likeness (QED) is 0.571. The van der Waals surface area contributed by atoms with Crippen LogP contribution in [-0.2, 0) is 5.60 Å². The third-order valence-electron chi connectivity index (χ3n) is 4.06. The van der Waals surface area contributed by atoms with Gasteiger partial charge in [0, 0.05) is 11.5 Å². The minimum atomic E-state index is -1.37. The van der Waals surface area contributed by atoms with E-state index in [1.807, 2.05) is 24.3 Å². The zero-order valence-corrected chi connectivity index (χ0v) is 13.9. The van der Waals surface area contributed by atoms with Gasteiger partial charge < -0.3 is 23.8 Å². The van der Waals surface area contributed by atoms with E-state index in [1.54, 1.807) is 25.1 Å². The van der Waals surface area contributed by atoms with E-state index < -0.39 is 11.5 Å². The second kappa shape index (κ2) is 6.20. The maximum absolute atomic E-state index is 12.3. The lowest BCUT2D eigenvalue weighted by Gasteiger charge is -2.20. The number of hydrogen-bond donors (Lipinski definition) is 2. The van der Waals surface area contributed by atoms with E-state index in [2.05, 4.69) is 10.5 Å². The Bertz CT molecular complexity index is 1010. The van der Waals surface area contributed by atoms with Crippen molar-refractivity contribution in [2.75, 3.05) is 6.54 Å². The number of aromatic nitrogens is 1. The summed E-state index contributed by atoms with van der Waals surface area (Å²) in [6.07, 6.45) is 1.50. The van der Waals surface area contributed by atoms with Crippen LogP contribution in [0.2, 0.25) is 0 Å². The number of nitrogens with zero attached hydrogens (tertiary/aromatic N) is 1. The molecule has 7 nitrogen and oxygen atoms in total. The van der Waals surface area contributed by atoms with E-state index in [0.29, 0.717) is 22.9 Å². The predicted octanol–water partition coefficient (Wildman–Crippen LogP) is 3.32. The summed E-state index contributed by atoms with van der Waals surface area (Å²) in [4.78, 5) is 12.3. The molecule has 0 saturated carbocycles. The second-order valence-electron chi connectivity index (χ2n) is 6.16. The lowest BCUT2D eigenvalue weighted by molar-refractivity contribution is 0.0343. The molecule has 4 aromatic rings. The fourth-order valence-electron chi connectivity index (χ4n) is 2.59. The van der Waals surface area contributed by atoms with E-state index in [0.717, 1.165) is 5.39 Å². The highest BCUT2D eigenvalue weighted by atomic mass is 16.5. The molecule has 0 fully saturated rings. The highest BCUT2D eigenvalue weighted by molar-refractivity contribution is 5.93. The molecule has 132 valence electrons. The van der Waals surface area contributed by atoms with Gasteiger partial charge in [-0.3, -0.25) is 4.79 Å². The molecule has 3 aromatic heterocycles. The van der Waals surface area contributed by atoms with Crippen LogP contribution < -0.4 is 5.32 Å². The van der Waals surface area contributed by atoms with Crippen LogP contribution in [0.5, 0.6) is 0 Å². The molecule has 0 spiro atoms. The maximum atomic E-state index is 12.3. The molecule has 2 N–H and O–H groups in total. The molecule has 7 heteroatoms. The Hall–Kier alpha value is -3.32. The second-order valence-corrected chi connectivity index (χ2v) is 6.16. The molecule has 0 aliphatic heterocycles. The first-order chi connectivity index (χ1) is 12.5. The number of carbonyl (C=O) groups is 1. The average Bonchev–Trinajstić information content (AvgIpc) is 3.39. The van der Waals surface area contributed by atoms with Gasteiger partial charge in [0.2, 0.25) is 5.76 Å². The molecule has 1 aromatic carbocycles. The summed E-state index contributed by atoms with van der Waals surface area (Å²) < 4.78 is 16.0. The Morgan fingerprint density at radius 1 is 1.19 bits per heavy atom. The lowest BCUT2D eigenvalue weighted by Crippen LogP contribution is -2.38. The number of aliphatic hydroxyl groups is 1. The largest absolute Gasteiger partial charge is 0.461 e. The maximum Gasteiger partial charge on any atom is 0.273 e. The monoisotopic (exact) mass is 352 g/mol. The van der Waals surface area contributed by atoms with Gasteiger partial charge in [-0.05, 0) is 31.2 Å². The first-order valence-corrected chi connectivity index (χ1v) is 8.03. The Kier molecular flexibility index (Phi) is 3.85. The summed E-state index contributed by atoms with van der Waals surface area (Å²) in [7, 11) is 0. The molecule has 0 aliphatic rings. The van der Waals surface area contributed by atoms with Crippen molar-refractivity contribution in [1.29, 1.82) is 0 Å². The topological polar surface area (TPSA) is 102 Å². The van der Waals surface area contributed by atoms with Gasteiger partial charge in [0.1, 0.15) is 16.9 Å². The standard InChI is InChI=1S/C19H16N2O5/c1-19(23,17-9-12-5-2-3-6-14(12)25-17)11-20-18(22)13-10-16(26-21-13)15-7-4-8-24-15/h2-10,23H,11H2,1H3,(H,20,22)/t19-/m1/s1. The lowest BCUT2D eigenvalue weighted by atomic mass is 10.0. The van der Waals surface area contributed by atoms with E-state index in [-0.39, 0.29) is 12.2 Å². The summed E-state index contributed by atoms with van der Waals surface area (Å²) >= 11 is 0. The molecule has 0 unspecified atom stereocenters. The summed E-state index contributed by atoms with van der Waals surface area (Å²) in [6.45, 7) is 1.52. The van der Waals surface area contributed by atoms with Crippen molar-refractivity contribution < 1.29 is 23.3 Å². The SMILES string of the molecule is C[C@@](O)(CNC(=O)c1cc(-c2ccco2)on1)c1cc2ccccc2o1. The van der Waals surface area contributed by atoms with E-state index in [1.165, 1.54) is 12.3 Å². The van der Waals surface area contributed by atoms with Crippen molar-refractivity contribution in [1.82, 2.24) is 10.5 Å². The van der Waals surface area contributed by atoms with Crippen LogP contribution in [-0.4, -0.2) is 22.7 Å². The van der Waals surface area contributed by atoms with Crippen LogP contribution in [0, 0.1) is 0 Å². The molecule has 1 amide bonds. The van der Waals surface area contributed by atoms with Crippen molar-refractivity contribution in [2.24, 2.45) is 0 Å². The van der Waals surface area contributed by atoms with Crippen molar-refractivity contribution >= 4 is 16.9 Å². The number of para-hydroxylation sites is 1. The first kappa shape index (κ1) is 16.2. The first-order valence-electron chi connectivity index (χ1n) is 8.03. The van der Waals surface area contributed by atoms with Crippen LogP contribution in [0.1, 0.15) is 23.2 Å². The van der Waals surface area contributed by atoms with Gasteiger partial charge in [0.15, 0.2) is 11.5 Å². The van der Waals surface area contributed by atoms with Gasteiger partial charge in [-0.2, -0.15) is 0 Å². The predicted molar refractivity (Wildman–Crippen MR) is 92.3 cm³/mol. The van der Waals surface area contributed by atoms with Crippen molar-refractivity contribution in [3.8, 4) is 11.5 Å². The summed E-state index contributed by atoms with van der Waals surface area (Å²) in [5.41, 5.74) is -0.604. The number of benzene rings is 1. The highest BCUT2D eigenvalue weighted by Crippen LogP contribution is 2.27. The minimum Gasteiger partial charge on any atom is -0.461 e. The van der Waals surface area contributed by atoms with E-state index in [9.17, 15) is 9.90 Å². The van der Waals surface area contributed by atoms with Gasteiger partial charge in [-0.15, -0.1) is 0 Å². The van der Waals surface area contributed by atoms with Crippen LogP contribution in [0.3, 0.4) is 0 Å². The normalized spacial score (nSPS) is 13.6. The molecule has 1 atom stereocenters. The van der Waals surface area contributed by atoms with Gasteiger partial charge in [0.05, 0.1) is 12.8 Å². The minimum absolute atomic E-state index is 0.0470. The van der Waals surface area contributed by atoms with Crippen molar-refractivity contribution in [3.05, 3.63) is 66.2 Å². The molecule has 0 radical (unpaired) electrons. The van der Waals surface area contributed by atoms with E-state index in [4.69, 9.17) is 13.4 Å². The number of furan rings is 2. The van der Waals surface area contributed by atoms with Crippen LogP contribution in [0.4, 0.5) is 0 Å². The van der Waals surface area contributed by atoms with Crippen molar-refractivity contribution in [3.63, 3.8) is 0 Å². The van der Waals surface area contributed by atoms with Gasteiger partial charge in [-0.1, -0.05) is 23.4 Å². The zero-order valence-electron chi connectivity index (χ0n) is 13.9. The van der Waals surface area contributed by atoms with Gasteiger partial charge in [0.25, 0.3) is 5.91 Å². The highest BCUT2D eigenvalue weighted by Gasteiger charge is 2.29. The van der Waals surface area contributed by atoms with Crippen LogP contribution in [0.25, 0.3) is 22.5 Å². The molecule has 26 heavy (non-hydrogen) atoms. The summed E-state index contributed by atoms with van der Waals surface area (Å²) in [5, 5.41) is 17.9. The summed E-state index contributed by atoms with van der Waals surface area (Å²) in [5.74, 6) is 0.730. The number of carbonyl (C=O) groups excluding carboxylic acids is 1. The number of rotatable bonds is 5. The molecule has 0 aliphatic carbocycles. The fourth-order valence-corrected chi connectivity index (χ4v) is 2.59. The number of nitrogens with one attached hydrogen (secondary N) is 1. The number of fused-ring (bicyclic) bond motifs is 1. The number of hydrogen-bond acceptors (Lipinski definition) is 6. The smallest absolute Gasteiger partial charge is 0.273 e.